The van der Waals surface area contributed by atoms with E-state index in [0.29, 0.717) is 5.92 Å². The summed E-state index contributed by atoms with van der Waals surface area (Å²) in [5.41, 5.74) is 4.72. The molecule has 0 spiro atoms. The number of nitrogens with zero attached hydrogens (tertiary/aromatic N) is 1. The lowest BCUT2D eigenvalue weighted by atomic mass is 9.75. The highest BCUT2D eigenvalue weighted by Gasteiger charge is 2.23. The summed E-state index contributed by atoms with van der Waals surface area (Å²) in [6.45, 7) is 2.37. The van der Waals surface area contributed by atoms with Gasteiger partial charge in [0.05, 0.1) is 5.56 Å². The van der Waals surface area contributed by atoms with E-state index in [2.05, 4.69) is 61.5 Å². The average Bonchev–Trinajstić information content (AvgIpc) is 2.84. The predicted molar refractivity (Wildman–Crippen MR) is 130 cm³/mol. The lowest BCUT2D eigenvalue weighted by Gasteiger charge is -2.30. The van der Waals surface area contributed by atoms with Gasteiger partial charge in [0.1, 0.15) is 11.9 Å². The van der Waals surface area contributed by atoms with Gasteiger partial charge in [0.15, 0.2) is 0 Å². The third-order valence-corrected chi connectivity index (χ3v) is 7.24. The molecule has 1 saturated carbocycles. The molecule has 0 bridgehead atoms. The fourth-order valence-electron chi connectivity index (χ4n) is 5.19. The van der Waals surface area contributed by atoms with Crippen LogP contribution < -0.4 is 0 Å². The smallest absolute Gasteiger partial charge is 0.141 e. The van der Waals surface area contributed by atoms with Gasteiger partial charge in [0, 0.05) is 0 Å². The summed E-state index contributed by atoms with van der Waals surface area (Å²) >= 11 is 0. The Bertz CT molecular complexity index is 1040. The molecule has 0 aliphatic heterocycles. The van der Waals surface area contributed by atoms with Gasteiger partial charge in [-0.1, -0.05) is 93.3 Å². The Morgan fingerprint density at radius 2 is 1.53 bits per heavy atom. The van der Waals surface area contributed by atoms with E-state index in [1.807, 2.05) is 12.1 Å². The number of hydrogen-bond donors (Lipinski definition) is 0. The molecule has 1 aliphatic rings. The fourth-order valence-corrected chi connectivity index (χ4v) is 5.19. The lowest BCUT2D eigenvalue weighted by Crippen LogP contribution is -2.16. The number of halogens is 1. The summed E-state index contributed by atoms with van der Waals surface area (Å²) < 4.78 is 13.9. The minimum absolute atomic E-state index is 0.0922. The molecule has 1 nitrogen and oxygen atoms in total. The van der Waals surface area contributed by atoms with Crippen LogP contribution in [0.3, 0.4) is 0 Å². The summed E-state index contributed by atoms with van der Waals surface area (Å²) in [6.07, 6.45) is 9.12. The van der Waals surface area contributed by atoms with Gasteiger partial charge in [-0.05, 0) is 71.4 Å². The van der Waals surface area contributed by atoms with E-state index in [9.17, 15) is 4.39 Å². The van der Waals surface area contributed by atoms with Crippen molar-refractivity contribution < 1.29 is 4.39 Å². The molecule has 3 aromatic rings. The molecule has 2 heteroatoms. The van der Waals surface area contributed by atoms with Gasteiger partial charge in [0.2, 0.25) is 0 Å². The van der Waals surface area contributed by atoms with E-state index in [0.717, 1.165) is 29.4 Å². The van der Waals surface area contributed by atoms with Gasteiger partial charge in [-0.25, -0.2) is 4.39 Å². The molecule has 1 fully saturated rings. The molecule has 0 unspecified atom stereocenters. The van der Waals surface area contributed by atoms with Crippen LogP contribution in [-0.4, -0.2) is 0 Å². The van der Waals surface area contributed by atoms with Gasteiger partial charge in [-0.2, -0.15) is 5.26 Å². The Labute approximate surface area is 191 Å². The Balaban J connectivity index is 1.23. The molecule has 0 aromatic heterocycles. The van der Waals surface area contributed by atoms with E-state index in [1.165, 1.54) is 55.7 Å². The molecule has 0 saturated heterocycles. The first-order valence-electron chi connectivity index (χ1n) is 12.0. The van der Waals surface area contributed by atoms with Gasteiger partial charge >= 0.3 is 0 Å². The van der Waals surface area contributed by atoms with Crippen LogP contribution in [-0.2, 0) is 6.42 Å². The van der Waals surface area contributed by atoms with Crippen LogP contribution in [0.15, 0.2) is 72.8 Å². The second-order valence-corrected chi connectivity index (χ2v) is 9.48. The first-order chi connectivity index (χ1) is 15.6. The van der Waals surface area contributed by atoms with Crippen LogP contribution in [0.4, 0.5) is 4.39 Å². The third-order valence-electron chi connectivity index (χ3n) is 7.24. The van der Waals surface area contributed by atoms with Gasteiger partial charge in [-0.15, -0.1) is 0 Å². The zero-order chi connectivity index (χ0) is 22.3. The first-order valence-corrected chi connectivity index (χ1v) is 12.0. The largest absolute Gasteiger partial charge is 0.206 e. The van der Waals surface area contributed by atoms with Crippen molar-refractivity contribution in [3.05, 3.63) is 95.3 Å². The first kappa shape index (κ1) is 22.3. The third kappa shape index (κ3) is 5.65. The van der Waals surface area contributed by atoms with Crippen molar-refractivity contribution in [3.63, 3.8) is 0 Å². The monoisotopic (exact) mass is 425 g/mol. The Kier molecular flexibility index (Phi) is 7.38. The summed E-state index contributed by atoms with van der Waals surface area (Å²) in [5, 5.41) is 8.89. The average molecular weight is 426 g/mol. The van der Waals surface area contributed by atoms with Crippen molar-refractivity contribution in [2.24, 2.45) is 11.8 Å². The normalized spacial score (nSPS) is 19.3. The summed E-state index contributed by atoms with van der Waals surface area (Å²) in [5.74, 6) is 1.91. The molecule has 4 rings (SSSR count). The van der Waals surface area contributed by atoms with Gasteiger partial charge in [0.25, 0.3) is 0 Å². The number of aryl methyl sites for hydroxylation is 1. The quantitative estimate of drug-likeness (QED) is 0.373. The number of hydrogen-bond acceptors (Lipinski definition) is 1. The summed E-state index contributed by atoms with van der Waals surface area (Å²) in [7, 11) is 0. The van der Waals surface area contributed by atoms with E-state index >= 15 is 0 Å². The Morgan fingerprint density at radius 3 is 2.19 bits per heavy atom. The van der Waals surface area contributed by atoms with Crippen LogP contribution in [0.1, 0.15) is 68.1 Å². The highest BCUT2D eigenvalue weighted by molar-refractivity contribution is 5.64. The SMILES string of the molecule is C[C@H](CC1CCC(CCc2ccc(-c3ccc(C#N)c(F)c3)cc2)CC1)c1ccccc1. The zero-order valence-electron chi connectivity index (χ0n) is 18.9. The van der Waals surface area contributed by atoms with Gasteiger partial charge in [-0.3, -0.25) is 0 Å². The second kappa shape index (κ2) is 10.6. The topological polar surface area (TPSA) is 23.8 Å². The predicted octanol–water partition coefficient (Wildman–Crippen LogP) is 8.30. The molecule has 1 aliphatic carbocycles. The van der Waals surface area contributed by atoms with E-state index in [-0.39, 0.29) is 5.56 Å². The van der Waals surface area contributed by atoms with Crippen LogP contribution in [0.5, 0.6) is 0 Å². The molecule has 0 radical (unpaired) electrons. The molecule has 32 heavy (non-hydrogen) atoms. The van der Waals surface area contributed by atoms with Crippen molar-refractivity contribution in [1.82, 2.24) is 0 Å². The Morgan fingerprint density at radius 1 is 0.875 bits per heavy atom. The highest BCUT2D eigenvalue weighted by Crippen LogP contribution is 2.37. The fraction of sp³-hybridized carbons (Fsp3) is 0.367. The van der Waals surface area contributed by atoms with E-state index in [4.69, 9.17) is 5.26 Å². The molecule has 1 atom stereocenters. The molecule has 164 valence electrons. The van der Waals surface area contributed by atoms with E-state index in [1.54, 1.807) is 6.07 Å². The summed E-state index contributed by atoms with van der Waals surface area (Å²) in [4.78, 5) is 0. The van der Waals surface area contributed by atoms with Crippen LogP contribution in [0.25, 0.3) is 11.1 Å². The molecular weight excluding hydrogens is 393 g/mol. The minimum atomic E-state index is -0.456. The van der Waals surface area contributed by atoms with Crippen LogP contribution >= 0.6 is 0 Å². The lowest BCUT2D eigenvalue weighted by molar-refractivity contribution is 0.245. The molecule has 0 heterocycles. The number of nitriles is 1. The van der Waals surface area contributed by atoms with Crippen molar-refractivity contribution >= 4 is 0 Å². The maximum atomic E-state index is 13.9. The molecule has 0 N–H and O–H groups in total. The second-order valence-electron chi connectivity index (χ2n) is 9.48. The zero-order valence-corrected chi connectivity index (χ0v) is 18.9. The Hall–Kier alpha value is -2.92. The molecular formula is C30H32FN. The number of rotatable bonds is 7. The minimum Gasteiger partial charge on any atom is -0.206 e. The highest BCUT2D eigenvalue weighted by atomic mass is 19.1. The molecule has 3 aromatic carbocycles. The van der Waals surface area contributed by atoms with Crippen molar-refractivity contribution in [1.29, 1.82) is 5.26 Å². The molecule has 0 amide bonds. The number of benzene rings is 3. The summed E-state index contributed by atoms with van der Waals surface area (Å²) in [6, 6.07) is 26.1. The van der Waals surface area contributed by atoms with Crippen molar-refractivity contribution in [2.45, 2.75) is 57.8 Å². The maximum absolute atomic E-state index is 13.9. The van der Waals surface area contributed by atoms with Crippen LogP contribution in [0, 0.1) is 29.0 Å². The maximum Gasteiger partial charge on any atom is 0.141 e. The van der Waals surface area contributed by atoms with Gasteiger partial charge < -0.3 is 0 Å². The van der Waals surface area contributed by atoms with Crippen molar-refractivity contribution in [3.8, 4) is 17.2 Å². The van der Waals surface area contributed by atoms with Crippen molar-refractivity contribution in [2.75, 3.05) is 0 Å². The van der Waals surface area contributed by atoms with Crippen LogP contribution in [0.2, 0.25) is 0 Å². The standard InChI is InChI=1S/C30H32FN/c1-22(26-5-3-2-4-6-26)19-25-11-9-23(10-12-25)7-8-24-13-15-27(16-14-24)28-17-18-29(21-32)30(31)20-28/h2-6,13-18,20,22-23,25H,7-12,19H2,1H3/t22-,23?,25?/m1/s1. The van der Waals surface area contributed by atoms with E-state index < -0.39 is 5.82 Å².